The van der Waals surface area contributed by atoms with Gasteiger partial charge in [-0.25, -0.2) is 4.79 Å². The third kappa shape index (κ3) is 5.52. The van der Waals surface area contributed by atoms with Gasteiger partial charge in [0.25, 0.3) is 0 Å². The van der Waals surface area contributed by atoms with E-state index in [0.29, 0.717) is 0 Å². The number of carbonyl (C=O) groups is 1. The van der Waals surface area contributed by atoms with E-state index in [-0.39, 0.29) is 5.97 Å². The Bertz CT molecular complexity index is 313. The van der Waals surface area contributed by atoms with Crippen LogP contribution in [-0.4, -0.2) is 5.97 Å². The summed E-state index contributed by atoms with van der Waals surface area (Å²) in [4.78, 5) is 11.4. The van der Waals surface area contributed by atoms with Crippen LogP contribution in [-0.2, 0) is 9.53 Å². The molecule has 2 nitrogen and oxygen atoms in total. The maximum absolute atomic E-state index is 11.4. The Morgan fingerprint density at radius 3 is 2.33 bits per heavy atom. The monoisotopic (exact) mass is 250 g/mol. The summed E-state index contributed by atoms with van der Waals surface area (Å²) < 4.78 is 5.10. The maximum Gasteiger partial charge on any atom is 0.343 e. The van der Waals surface area contributed by atoms with Crippen LogP contribution in [0.5, 0.6) is 0 Å². The van der Waals surface area contributed by atoms with Crippen molar-refractivity contribution in [3.8, 4) is 0 Å². The fourth-order valence-corrected chi connectivity index (χ4v) is 2.12. The first-order valence-corrected chi connectivity index (χ1v) is 7.40. The predicted molar refractivity (Wildman–Crippen MR) is 75.2 cm³/mol. The van der Waals surface area contributed by atoms with E-state index in [9.17, 15) is 4.79 Å². The SMILES string of the molecule is CCCCCCCCCC=C1C=C(CC)OC1=O. The summed E-state index contributed by atoms with van der Waals surface area (Å²) in [6.45, 7) is 4.24. The van der Waals surface area contributed by atoms with Crippen molar-refractivity contribution in [2.75, 3.05) is 0 Å². The third-order valence-electron chi connectivity index (χ3n) is 3.30. The molecule has 0 bridgehead atoms. The van der Waals surface area contributed by atoms with Crippen LogP contribution in [0.4, 0.5) is 0 Å². The quantitative estimate of drug-likeness (QED) is 0.330. The molecular weight excluding hydrogens is 224 g/mol. The van der Waals surface area contributed by atoms with Crippen molar-refractivity contribution in [1.29, 1.82) is 0 Å². The zero-order chi connectivity index (χ0) is 13.2. The molecular formula is C16H26O2. The molecule has 0 aromatic carbocycles. The number of carbonyl (C=O) groups excluding carboxylic acids is 1. The van der Waals surface area contributed by atoms with Gasteiger partial charge in [-0.1, -0.05) is 58.4 Å². The Labute approximate surface area is 111 Å². The topological polar surface area (TPSA) is 26.3 Å². The molecule has 0 aliphatic carbocycles. The molecule has 0 aromatic heterocycles. The van der Waals surface area contributed by atoms with Gasteiger partial charge in [0.2, 0.25) is 0 Å². The van der Waals surface area contributed by atoms with Crippen molar-refractivity contribution < 1.29 is 9.53 Å². The summed E-state index contributed by atoms with van der Waals surface area (Å²) in [6.07, 6.45) is 14.8. The number of hydrogen-bond donors (Lipinski definition) is 0. The van der Waals surface area contributed by atoms with E-state index in [1.54, 1.807) is 0 Å². The summed E-state index contributed by atoms with van der Waals surface area (Å²) in [6, 6.07) is 0. The lowest BCUT2D eigenvalue weighted by Gasteiger charge is -1.99. The van der Waals surface area contributed by atoms with E-state index in [2.05, 4.69) is 6.92 Å². The van der Waals surface area contributed by atoms with Gasteiger partial charge in [-0.15, -0.1) is 0 Å². The summed E-state index contributed by atoms with van der Waals surface area (Å²) in [5.41, 5.74) is 0.748. The Balaban J connectivity index is 2.10. The van der Waals surface area contributed by atoms with Crippen molar-refractivity contribution in [1.82, 2.24) is 0 Å². The lowest BCUT2D eigenvalue weighted by molar-refractivity contribution is -0.133. The smallest absolute Gasteiger partial charge is 0.343 e. The Hall–Kier alpha value is -1.05. The second-order valence-corrected chi connectivity index (χ2v) is 4.92. The molecule has 0 atom stereocenters. The van der Waals surface area contributed by atoms with Crippen LogP contribution in [0.2, 0.25) is 0 Å². The zero-order valence-corrected chi connectivity index (χ0v) is 11.8. The van der Waals surface area contributed by atoms with Gasteiger partial charge in [0.05, 0.1) is 5.57 Å². The normalized spacial score (nSPS) is 17.1. The van der Waals surface area contributed by atoms with Crippen LogP contribution < -0.4 is 0 Å². The summed E-state index contributed by atoms with van der Waals surface area (Å²) in [7, 11) is 0. The number of esters is 1. The first-order valence-electron chi connectivity index (χ1n) is 7.40. The van der Waals surface area contributed by atoms with E-state index in [4.69, 9.17) is 4.74 Å². The number of hydrogen-bond acceptors (Lipinski definition) is 2. The van der Waals surface area contributed by atoms with Crippen LogP contribution in [0.1, 0.15) is 71.6 Å². The molecule has 1 rings (SSSR count). The molecule has 0 saturated carbocycles. The summed E-state index contributed by atoms with van der Waals surface area (Å²) in [5.74, 6) is 0.626. The standard InChI is InChI=1S/C16H26O2/c1-3-5-6-7-8-9-10-11-12-14-13-15(4-2)18-16(14)17/h12-13H,3-11H2,1-2H3. The minimum absolute atomic E-state index is 0.171. The van der Waals surface area contributed by atoms with Crippen LogP contribution in [0.25, 0.3) is 0 Å². The molecule has 0 unspecified atom stereocenters. The maximum atomic E-state index is 11.4. The largest absolute Gasteiger partial charge is 0.427 e. The van der Waals surface area contributed by atoms with Gasteiger partial charge in [-0.2, -0.15) is 0 Å². The fourth-order valence-electron chi connectivity index (χ4n) is 2.12. The average Bonchev–Trinajstić information content (AvgIpc) is 2.73. The minimum Gasteiger partial charge on any atom is -0.427 e. The lowest BCUT2D eigenvalue weighted by atomic mass is 10.1. The van der Waals surface area contributed by atoms with Gasteiger partial charge in [-0.3, -0.25) is 0 Å². The van der Waals surface area contributed by atoms with Crippen molar-refractivity contribution in [3.05, 3.63) is 23.5 Å². The van der Waals surface area contributed by atoms with Crippen LogP contribution in [0, 0.1) is 0 Å². The van der Waals surface area contributed by atoms with Crippen molar-refractivity contribution >= 4 is 5.97 Å². The van der Waals surface area contributed by atoms with Crippen LogP contribution in [0.3, 0.4) is 0 Å². The molecule has 1 aliphatic heterocycles. The molecule has 0 radical (unpaired) electrons. The molecule has 1 aliphatic rings. The Morgan fingerprint density at radius 1 is 1.06 bits per heavy atom. The first-order chi connectivity index (χ1) is 8.77. The molecule has 0 saturated heterocycles. The first kappa shape index (κ1) is 15.0. The van der Waals surface area contributed by atoms with Gasteiger partial charge in [0.15, 0.2) is 0 Å². The number of allylic oxidation sites excluding steroid dienone is 2. The van der Waals surface area contributed by atoms with E-state index in [1.807, 2.05) is 19.1 Å². The molecule has 0 fully saturated rings. The highest BCUT2D eigenvalue weighted by atomic mass is 16.5. The van der Waals surface area contributed by atoms with Gasteiger partial charge in [-0.05, 0) is 18.9 Å². The number of unbranched alkanes of at least 4 members (excludes halogenated alkanes) is 7. The van der Waals surface area contributed by atoms with Gasteiger partial charge in [0.1, 0.15) is 5.76 Å². The highest BCUT2D eigenvalue weighted by Gasteiger charge is 2.18. The van der Waals surface area contributed by atoms with E-state index in [1.165, 1.54) is 44.9 Å². The minimum atomic E-state index is -0.171. The van der Waals surface area contributed by atoms with Gasteiger partial charge < -0.3 is 4.74 Å². The summed E-state index contributed by atoms with van der Waals surface area (Å²) >= 11 is 0. The third-order valence-corrected chi connectivity index (χ3v) is 3.30. The lowest BCUT2D eigenvalue weighted by Crippen LogP contribution is -1.96. The molecule has 102 valence electrons. The van der Waals surface area contributed by atoms with Gasteiger partial charge >= 0.3 is 5.97 Å². The number of rotatable bonds is 9. The number of ether oxygens (including phenoxy) is 1. The highest BCUT2D eigenvalue weighted by molar-refractivity contribution is 5.94. The zero-order valence-electron chi connectivity index (χ0n) is 11.8. The fraction of sp³-hybridized carbons (Fsp3) is 0.688. The molecule has 0 N–H and O–H groups in total. The molecule has 0 amide bonds. The van der Waals surface area contributed by atoms with Crippen LogP contribution >= 0.6 is 0 Å². The molecule has 2 heteroatoms. The molecule has 1 heterocycles. The van der Waals surface area contributed by atoms with E-state index < -0.39 is 0 Å². The Morgan fingerprint density at radius 2 is 1.72 bits per heavy atom. The van der Waals surface area contributed by atoms with Crippen molar-refractivity contribution in [2.24, 2.45) is 0 Å². The number of cyclic esters (lactones) is 1. The highest BCUT2D eigenvalue weighted by Crippen LogP contribution is 2.20. The second-order valence-electron chi connectivity index (χ2n) is 4.92. The van der Waals surface area contributed by atoms with Gasteiger partial charge in [0, 0.05) is 6.42 Å². The average molecular weight is 250 g/mol. The Kier molecular flexibility index (Phi) is 7.47. The molecule has 18 heavy (non-hydrogen) atoms. The molecule has 0 aromatic rings. The van der Waals surface area contributed by atoms with Crippen molar-refractivity contribution in [2.45, 2.75) is 71.6 Å². The van der Waals surface area contributed by atoms with E-state index >= 15 is 0 Å². The second kappa shape index (κ2) is 8.96. The molecule has 0 spiro atoms. The van der Waals surface area contributed by atoms with Crippen LogP contribution in [0.15, 0.2) is 23.5 Å². The van der Waals surface area contributed by atoms with Crippen molar-refractivity contribution in [3.63, 3.8) is 0 Å². The summed E-state index contributed by atoms with van der Waals surface area (Å²) in [5, 5.41) is 0. The van der Waals surface area contributed by atoms with E-state index in [0.717, 1.165) is 24.2 Å². The predicted octanol–water partition coefficient (Wildman–Crippen LogP) is 4.90.